The van der Waals surface area contributed by atoms with E-state index in [-0.39, 0.29) is 10.8 Å². The molecule has 2 aliphatic rings. The van der Waals surface area contributed by atoms with Gasteiger partial charge in [-0.25, -0.2) is 8.42 Å². The van der Waals surface area contributed by atoms with E-state index in [1.165, 1.54) is 4.31 Å². The highest BCUT2D eigenvalue weighted by Gasteiger charge is 2.50. The van der Waals surface area contributed by atoms with Gasteiger partial charge in [0.25, 0.3) is 0 Å². The number of ether oxygens (including phenoxy) is 2. The summed E-state index contributed by atoms with van der Waals surface area (Å²) in [7, 11) is -2.04. The van der Waals surface area contributed by atoms with Gasteiger partial charge in [0.1, 0.15) is 11.5 Å². The monoisotopic (exact) mass is 430 g/mol. The van der Waals surface area contributed by atoms with Crippen LogP contribution >= 0.6 is 0 Å². The highest BCUT2D eigenvalue weighted by Crippen LogP contribution is 2.38. The highest BCUT2D eigenvalue weighted by atomic mass is 32.2. The van der Waals surface area contributed by atoms with Crippen LogP contribution in [-0.2, 0) is 26.0 Å². The van der Waals surface area contributed by atoms with Gasteiger partial charge in [0.05, 0.1) is 25.0 Å². The molecule has 0 aliphatic carbocycles. The lowest BCUT2D eigenvalue weighted by Gasteiger charge is -2.42. The largest absolute Gasteiger partial charge is 0.497 e. The number of amides is 1. The minimum atomic E-state index is -3.65. The van der Waals surface area contributed by atoms with Gasteiger partial charge in [0, 0.05) is 32.5 Å². The summed E-state index contributed by atoms with van der Waals surface area (Å²) in [6, 6.07) is 15.9. The third kappa shape index (κ3) is 3.95. The van der Waals surface area contributed by atoms with E-state index in [0.29, 0.717) is 45.5 Å². The number of benzene rings is 2. The van der Waals surface area contributed by atoms with Crippen molar-refractivity contribution >= 4 is 15.9 Å². The number of likely N-dealkylation sites (tertiary alicyclic amines) is 1. The Labute approximate surface area is 177 Å². The Morgan fingerprint density at radius 3 is 2.33 bits per heavy atom. The second-order valence-corrected chi connectivity index (χ2v) is 9.45. The standard InChI is InChI=1S/C22H26N2O5S/c1-28-19-9-7-18(8-10-19)17-21(25)23-13-11-22(12-14-23)24(15-16-29-22)30(26,27)20-5-3-2-4-6-20/h2-10H,11-17H2,1H3. The van der Waals surface area contributed by atoms with Crippen molar-refractivity contribution in [1.29, 1.82) is 0 Å². The molecule has 2 aliphatic heterocycles. The van der Waals surface area contributed by atoms with Crippen LogP contribution in [0.25, 0.3) is 0 Å². The minimum absolute atomic E-state index is 0.0329. The van der Waals surface area contributed by atoms with Gasteiger partial charge in [-0.15, -0.1) is 0 Å². The van der Waals surface area contributed by atoms with E-state index in [0.717, 1.165) is 11.3 Å². The van der Waals surface area contributed by atoms with Gasteiger partial charge < -0.3 is 14.4 Å². The van der Waals surface area contributed by atoms with Crippen LogP contribution in [-0.4, -0.2) is 62.6 Å². The molecular formula is C22H26N2O5S. The molecule has 0 bridgehead atoms. The highest BCUT2D eigenvalue weighted by molar-refractivity contribution is 7.89. The van der Waals surface area contributed by atoms with Gasteiger partial charge in [-0.2, -0.15) is 4.31 Å². The second kappa shape index (κ2) is 8.37. The summed E-state index contributed by atoms with van der Waals surface area (Å²) in [5.74, 6) is 0.787. The maximum Gasteiger partial charge on any atom is 0.245 e. The van der Waals surface area contributed by atoms with Crippen molar-refractivity contribution in [3.8, 4) is 5.75 Å². The smallest absolute Gasteiger partial charge is 0.245 e. The van der Waals surface area contributed by atoms with E-state index in [2.05, 4.69) is 0 Å². The van der Waals surface area contributed by atoms with Crippen LogP contribution in [0.15, 0.2) is 59.5 Å². The molecule has 2 aromatic carbocycles. The molecule has 0 N–H and O–H groups in total. The molecule has 0 radical (unpaired) electrons. The van der Waals surface area contributed by atoms with Gasteiger partial charge in [0.2, 0.25) is 15.9 Å². The molecule has 0 saturated carbocycles. The molecule has 7 nitrogen and oxygen atoms in total. The van der Waals surface area contributed by atoms with Crippen molar-refractivity contribution < 1.29 is 22.7 Å². The lowest BCUT2D eigenvalue weighted by Crippen LogP contribution is -2.55. The molecule has 1 spiro atoms. The summed E-state index contributed by atoms with van der Waals surface area (Å²) in [5, 5.41) is 0. The molecule has 2 fully saturated rings. The topological polar surface area (TPSA) is 76.2 Å². The molecule has 8 heteroatoms. The molecule has 2 saturated heterocycles. The maximum atomic E-state index is 13.2. The Hall–Kier alpha value is -2.42. The summed E-state index contributed by atoms with van der Waals surface area (Å²) in [6.07, 6.45) is 1.24. The second-order valence-electron chi connectivity index (χ2n) is 7.59. The molecule has 160 valence electrons. The van der Waals surface area contributed by atoms with Gasteiger partial charge in [-0.1, -0.05) is 30.3 Å². The zero-order valence-corrected chi connectivity index (χ0v) is 17.8. The lowest BCUT2D eigenvalue weighted by molar-refractivity contribution is -0.139. The lowest BCUT2D eigenvalue weighted by atomic mass is 10.00. The van der Waals surface area contributed by atoms with Crippen molar-refractivity contribution in [3.63, 3.8) is 0 Å². The fourth-order valence-electron chi connectivity index (χ4n) is 4.18. The molecule has 0 unspecified atom stereocenters. The van der Waals surface area contributed by atoms with Crippen molar-refractivity contribution in [2.24, 2.45) is 0 Å². The number of piperidine rings is 1. The predicted molar refractivity (Wildman–Crippen MR) is 112 cm³/mol. The van der Waals surface area contributed by atoms with E-state index in [1.54, 1.807) is 42.3 Å². The fraction of sp³-hybridized carbons (Fsp3) is 0.409. The van der Waals surface area contributed by atoms with Crippen molar-refractivity contribution in [1.82, 2.24) is 9.21 Å². The molecule has 0 aromatic heterocycles. The number of methoxy groups -OCH3 is 1. The van der Waals surface area contributed by atoms with E-state index < -0.39 is 15.7 Å². The Bertz CT molecular complexity index is 984. The van der Waals surface area contributed by atoms with Crippen molar-refractivity contribution in [3.05, 3.63) is 60.2 Å². The molecule has 1 amide bonds. The van der Waals surface area contributed by atoms with Crippen LogP contribution in [0, 0.1) is 0 Å². The number of rotatable bonds is 5. The zero-order chi connectivity index (χ0) is 21.2. The SMILES string of the molecule is COc1ccc(CC(=O)N2CCC3(CC2)OCCN3S(=O)(=O)c2ccccc2)cc1. The van der Waals surface area contributed by atoms with Gasteiger partial charge in [-0.05, 0) is 29.8 Å². The number of hydrogen-bond donors (Lipinski definition) is 0. The Morgan fingerprint density at radius 2 is 1.70 bits per heavy atom. The number of carbonyl (C=O) groups excluding carboxylic acids is 1. The number of nitrogens with zero attached hydrogens (tertiary/aromatic N) is 2. The third-order valence-electron chi connectivity index (χ3n) is 5.86. The number of carbonyl (C=O) groups is 1. The van der Waals surface area contributed by atoms with Gasteiger partial charge in [0.15, 0.2) is 0 Å². The van der Waals surface area contributed by atoms with Crippen LogP contribution in [0.5, 0.6) is 5.75 Å². The molecule has 4 rings (SSSR count). The van der Waals surface area contributed by atoms with E-state index >= 15 is 0 Å². The Morgan fingerprint density at radius 1 is 1.03 bits per heavy atom. The molecule has 30 heavy (non-hydrogen) atoms. The average Bonchev–Trinajstić information content (AvgIpc) is 3.19. The molecular weight excluding hydrogens is 404 g/mol. The zero-order valence-electron chi connectivity index (χ0n) is 17.0. The van der Waals surface area contributed by atoms with Crippen LogP contribution in [0.3, 0.4) is 0 Å². The van der Waals surface area contributed by atoms with Gasteiger partial charge in [-0.3, -0.25) is 4.79 Å². The van der Waals surface area contributed by atoms with Crippen LogP contribution in [0.4, 0.5) is 0 Å². The molecule has 2 aromatic rings. The summed E-state index contributed by atoms with van der Waals surface area (Å²) >= 11 is 0. The summed E-state index contributed by atoms with van der Waals surface area (Å²) in [5.41, 5.74) is 0.0532. The fourth-order valence-corrected chi connectivity index (χ4v) is 5.93. The minimum Gasteiger partial charge on any atom is -0.497 e. The van der Waals surface area contributed by atoms with E-state index in [4.69, 9.17) is 9.47 Å². The normalized spacial score (nSPS) is 19.2. The molecule has 2 heterocycles. The molecule has 0 atom stereocenters. The maximum absolute atomic E-state index is 13.2. The van der Waals surface area contributed by atoms with Crippen LogP contribution in [0.1, 0.15) is 18.4 Å². The van der Waals surface area contributed by atoms with E-state index in [1.807, 2.05) is 24.3 Å². The van der Waals surface area contributed by atoms with Crippen LogP contribution < -0.4 is 4.74 Å². The summed E-state index contributed by atoms with van der Waals surface area (Å²) in [6.45, 7) is 1.63. The summed E-state index contributed by atoms with van der Waals surface area (Å²) < 4.78 is 38.9. The van der Waals surface area contributed by atoms with E-state index in [9.17, 15) is 13.2 Å². The predicted octanol–water partition coefficient (Wildman–Crippen LogP) is 2.28. The first-order valence-corrected chi connectivity index (χ1v) is 11.5. The third-order valence-corrected chi connectivity index (χ3v) is 7.83. The van der Waals surface area contributed by atoms with Crippen LogP contribution in [0.2, 0.25) is 0 Å². The number of sulfonamides is 1. The quantitative estimate of drug-likeness (QED) is 0.728. The first-order chi connectivity index (χ1) is 14.4. The van der Waals surface area contributed by atoms with Gasteiger partial charge >= 0.3 is 0 Å². The first-order valence-electron chi connectivity index (χ1n) is 10.1. The summed E-state index contributed by atoms with van der Waals surface area (Å²) in [4.78, 5) is 14.8. The van der Waals surface area contributed by atoms with Crippen molar-refractivity contribution in [2.75, 3.05) is 33.4 Å². The average molecular weight is 431 g/mol. The first kappa shape index (κ1) is 20.8. The van der Waals surface area contributed by atoms with Crippen molar-refractivity contribution in [2.45, 2.75) is 29.9 Å². The Balaban J connectivity index is 1.43. The Kier molecular flexibility index (Phi) is 5.81. The number of hydrogen-bond acceptors (Lipinski definition) is 5.